The van der Waals surface area contributed by atoms with Crippen molar-refractivity contribution in [3.63, 3.8) is 0 Å². The van der Waals surface area contributed by atoms with Gasteiger partial charge in [0.2, 0.25) is 5.91 Å². The molecule has 0 atom stereocenters. The van der Waals surface area contributed by atoms with Crippen LogP contribution in [0.2, 0.25) is 0 Å². The number of aliphatic carboxylic acids is 1. The molecule has 0 spiro atoms. The highest BCUT2D eigenvalue weighted by Gasteiger charge is 2.17. The van der Waals surface area contributed by atoms with Crippen LogP contribution in [-0.2, 0) is 16.1 Å². The summed E-state index contributed by atoms with van der Waals surface area (Å²) in [6.45, 7) is -0.187. The van der Waals surface area contributed by atoms with Gasteiger partial charge in [-0.15, -0.1) is 0 Å². The van der Waals surface area contributed by atoms with Crippen LogP contribution < -0.4 is 10.5 Å². The molecular formula is C12H12FN3O4S. The van der Waals surface area contributed by atoms with E-state index in [2.05, 4.69) is 4.98 Å². The number of rotatable bonds is 6. The standard InChI is InChI=1S/C12H12FN3O4S/c1-20-9-3-8-7(2-6(9)13)15-12(21-5-11(18)19)16(8)4-10(14)17/h2-3H,4-5H2,1H3,(H2,14,17)(H,18,19). The number of nitrogens with two attached hydrogens (primary N) is 1. The second-order valence-corrected chi connectivity index (χ2v) is 5.05. The van der Waals surface area contributed by atoms with Crippen LogP contribution in [0.4, 0.5) is 4.39 Å². The minimum Gasteiger partial charge on any atom is -0.494 e. The zero-order chi connectivity index (χ0) is 15.6. The Hall–Kier alpha value is -2.29. The molecule has 0 radical (unpaired) electrons. The first kappa shape index (κ1) is 15.1. The lowest BCUT2D eigenvalue weighted by atomic mass is 10.3. The summed E-state index contributed by atoms with van der Waals surface area (Å²) in [6, 6.07) is 2.56. The highest BCUT2D eigenvalue weighted by atomic mass is 32.2. The molecule has 3 N–H and O–H groups in total. The Morgan fingerprint density at radius 1 is 1.52 bits per heavy atom. The van der Waals surface area contributed by atoms with E-state index in [0.717, 1.165) is 17.8 Å². The normalized spacial score (nSPS) is 10.8. The largest absolute Gasteiger partial charge is 0.494 e. The number of primary amides is 1. The maximum atomic E-state index is 13.7. The van der Waals surface area contributed by atoms with Crippen molar-refractivity contribution in [3.8, 4) is 5.75 Å². The number of methoxy groups -OCH3 is 1. The van der Waals surface area contributed by atoms with Gasteiger partial charge in [0.05, 0.1) is 23.9 Å². The summed E-state index contributed by atoms with van der Waals surface area (Å²) in [5.74, 6) is -2.47. The first-order valence-corrected chi connectivity index (χ1v) is 6.77. The second kappa shape index (κ2) is 6.00. The predicted molar refractivity (Wildman–Crippen MR) is 73.8 cm³/mol. The fourth-order valence-electron chi connectivity index (χ4n) is 1.81. The first-order valence-electron chi connectivity index (χ1n) is 5.79. The van der Waals surface area contributed by atoms with E-state index < -0.39 is 17.7 Å². The summed E-state index contributed by atoms with van der Waals surface area (Å²) in [4.78, 5) is 25.9. The topological polar surface area (TPSA) is 107 Å². The lowest BCUT2D eigenvalue weighted by Gasteiger charge is -2.06. The van der Waals surface area contributed by atoms with Crippen molar-refractivity contribution in [2.45, 2.75) is 11.7 Å². The van der Waals surface area contributed by atoms with Crippen molar-refractivity contribution in [1.82, 2.24) is 9.55 Å². The summed E-state index contributed by atoms with van der Waals surface area (Å²) >= 11 is 0.923. The van der Waals surface area contributed by atoms with Crippen LogP contribution in [0.1, 0.15) is 0 Å². The molecule has 0 bridgehead atoms. The smallest absolute Gasteiger partial charge is 0.313 e. The van der Waals surface area contributed by atoms with E-state index in [9.17, 15) is 14.0 Å². The average molecular weight is 313 g/mol. The summed E-state index contributed by atoms with van der Waals surface area (Å²) in [7, 11) is 1.32. The van der Waals surface area contributed by atoms with Gasteiger partial charge in [-0.05, 0) is 0 Å². The number of carboxylic acids is 1. The van der Waals surface area contributed by atoms with Gasteiger partial charge >= 0.3 is 5.97 Å². The van der Waals surface area contributed by atoms with Gasteiger partial charge < -0.3 is 20.1 Å². The molecule has 1 heterocycles. The number of nitrogens with zero attached hydrogens (tertiary/aromatic N) is 2. The summed E-state index contributed by atoms with van der Waals surface area (Å²) in [5, 5.41) is 9.00. The lowest BCUT2D eigenvalue weighted by molar-refractivity contribution is -0.133. The van der Waals surface area contributed by atoms with Gasteiger partial charge in [0.1, 0.15) is 6.54 Å². The Kier molecular flexibility index (Phi) is 4.32. The zero-order valence-corrected chi connectivity index (χ0v) is 11.8. The number of ether oxygens (including phenoxy) is 1. The third-order valence-corrected chi connectivity index (χ3v) is 3.59. The molecule has 9 heteroatoms. The van der Waals surface area contributed by atoms with Crippen molar-refractivity contribution < 1.29 is 23.8 Å². The van der Waals surface area contributed by atoms with E-state index in [0.29, 0.717) is 11.0 Å². The van der Waals surface area contributed by atoms with Crippen LogP contribution in [0, 0.1) is 5.82 Å². The highest BCUT2D eigenvalue weighted by molar-refractivity contribution is 7.99. The molecule has 7 nitrogen and oxygen atoms in total. The third-order valence-electron chi connectivity index (χ3n) is 2.63. The van der Waals surface area contributed by atoms with Gasteiger partial charge in [-0.3, -0.25) is 9.59 Å². The molecule has 0 aliphatic carbocycles. The van der Waals surface area contributed by atoms with Crippen molar-refractivity contribution >= 4 is 34.7 Å². The first-order chi connectivity index (χ1) is 9.92. The predicted octanol–water partition coefficient (Wildman–Crippen LogP) is 0.846. The van der Waals surface area contributed by atoms with Gasteiger partial charge in [-0.2, -0.15) is 0 Å². The van der Waals surface area contributed by atoms with Gasteiger partial charge in [0, 0.05) is 12.1 Å². The van der Waals surface area contributed by atoms with Gasteiger partial charge in [-0.1, -0.05) is 11.8 Å². The number of amides is 1. The van der Waals surface area contributed by atoms with E-state index in [1.165, 1.54) is 17.7 Å². The molecular weight excluding hydrogens is 301 g/mol. The number of fused-ring (bicyclic) bond motifs is 1. The Bertz CT molecular complexity index is 716. The number of benzene rings is 1. The Labute approximate surface area is 122 Å². The minimum absolute atomic E-state index is 0.00269. The highest BCUT2D eigenvalue weighted by Crippen LogP contribution is 2.29. The Morgan fingerprint density at radius 3 is 2.81 bits per heavy atom. The fraction of sp³-hybridized carbons (Fsp3) is 0.250. The van der Waals surface area contributed by atoms with Crippen molar-refractivity contribution in [1.29, 1.82) is 0 Å². The Balaban J connectivity index is 2.55. The van der Waals surface area contributed by atoms with Gasteiger partial charge in [0.25, 0.3) is 0 Å². The van der Waals surface area contributed by atoms with Gasteiger partial charge in [0.15, 0.2) is 16.7 Å². The second-order valence-electron chi connectivity index (χ2n) is 4.10. The molecule has 0 saturated carbocycles. The molecule has 1 aromatic heterocycles. The number of thioether (sulfide) groups is 1. The SMILES string of the molecule is COc1cc2c(cc1F)nc(SCC(=O)O)n2CC(N)=O. The van der Waals surface area contributed by atoms with E-state index >= 15 is 0 Å². The number of imidazole rings is 1. The minimum atomic E-state index is -1.03. The maximum Gasteiger partial charge on any atom is 0.313 e. The van der Waals surface area contributed by atoms with Crippen LogP contribution in [-0.4, -0.2) is 39.4 Å². The summed E-state index contributed by atoms with van der Waals surface area (Å²) in [6.07, 6.45) is 0. The van der Waals surface area contributed by atoms with Crippen LogP contribution in [0.15, 0.2) is 17.3 Å². The van der Waals surface area contributed by atoms with E-state index in [4.69, 9.17) is 15.6 Å². The molecule has 1 amide bonds. The fourth-order valence-corrected chi connectivity index (χ4v) is 2.54. The molecule has 0 saturated heterocycles. The van der Waals surface area contributed by atoms with Crippen molar-refractivity contribution in [2.75, 3.05) is 12.9 Å². The van der Waals surface area contributed by atoms with E-state index in [1.807, 2.05) is 0 Å². The zero-order valence-electron chi connectivity index (χ0n) is 11.0. The molecule has 2 rings (SSSR count). The van der Waals surface area contributed by atoms with E-state index in [1.54, 1.807) is 0 Å². The monoisotopic (exact) mass is 313 g/mol. The number of hydrogen-bond donors (Lipinski definition) is 2. The van der Waals surface area contributed by atoms with Crippen LogP contribution in [0.5, 0.6) is 5.75 Å². The molecule has 0 aliphatic rings. The van der Waals surface area contributed by atoms with Crippen LogP contribution >= 0.6 is 11.8 Å². The quantitative estimate of drug-likeness (QED) is 0.765. The summed E-state index contributed by atoms with van der Waals surface area (Å²) in [5.41, 5.74) is 5.92. The van der Waals surface area contributed by atoms with Crippen LogP contribution in [0.25, 0.3) is 11.0 Å². The van der Waals surface area contributed by atoms with Gasteiger partial charge in [-0.25, -0.2) is 9.37 Å². The number of carbonyl (C=O) groups excluding carboxylic acids is 1. The third kappa shape index (κ3) is 3.24. The summed E-state index contributed by atoms with van der Waals surface area (Å²) < 4.78 is 20.0. The molecule has 0 unspecified atom stereocenters. The van der Waals surface area contributed by atoms with Crippen molar-refractivity contribution in [2.24, 2.45) is 5.73 Å². The number of hydrogen-bond acceptors (Lipinski definition) is 5. The molecule has 0 fully saturated rings. The molecule has 1 aromatic carbocycles. The molecule has 0 aliphatic heterocycles. The maximum absolute atomic E-state index is 13.7. The van der Waals surface area contributed by atoms with Crippen LogP contribution in [0.3, 0.4) is 0 Å². The molecule has 2 aromatic rings. The lowest BCUT2D eigenvalue weighted by Crippen LogP contribution is -2.19. The Morgan fingerprint density at radius 2 is 2.24 bits per heavy atom. The molecule has 112 valence electrons. The number of halogens is 1. The number of carboxylic acid groups (broad SMARTS) is 1. The van der Waals surface area contributed by atoms with E-state index in [-0.39, 0.29) is 23.2 Å². The number of aromatic nitrogens is 2. The average Bonchev–Trinajstić information content (AvgIpc) is 2.72. The molecule has 21 heavy (non-hydrogen) atoms. The number of carbonyl (C=O) groups is 2. The van der Waals surface area contributed by atoms with Crippen molar-refractivity contribution in [3.05, 3.63) is 17.9 Å².